The van der Waals surface area contributed by atoms with Crippen LogP contribution in [0.15, 0.2) is 33.1 Å². The quantitative estimate of drug-likeness (QED) is 0.0724. The summed E-state index contributed by atoms with van der Waals surface area (Å²) in [6, 6.07) is -1.13. The van der Waals surface area contributed by atoms with Crippen molar-refractivity contribution in [3.63, 3.8) is 0 Å². The number of thioether (sulfide) groups is 2. The van der Waals surface area contributed by atoms with E-state index in [9.17, 15) is 37.9 Å². The van der Waals surface area contributed by atoms with Crippen molar-refractivity contribution in [1.82, 2.24) is 30.4 Å². The van der Waals surface area contributed by atoms with E-state index < -0.39 is 56.7 Å². The number of rotatable bonds is 10. The van der Waals surface area contributed by atoms with E-state index >= 15 is 0 Å². The molecule has 0 spiro atoms. The number of aliphatic carboxylic acids is 1. The molecular weight excluding hydrogens is 518 g/mol. The number of hydrogen-bond acceptors (Lipinski definition) is 13. The summed E-state index contributed by atoms with van der Waals surface area (Å²) in [4.78, 5) is 48.7. The van der Waals surface area contributed by atoms with E-state index in [1.165, 1.54) is 6.92 Å². The summed E-state index contributed by atoms with van der Waals surface area (Å²) in [6.45, 7) is 1.49. The number of nitrogens with zero attached hydrogens (tertiary/aromatic N) is 6. The number of fused-ring (bicyclic) bond motifs is 1. The second-order valence-corrected chi connectivity index (χ2v) is 10.3. The lowest BCUT2D eigenvalue weighted by Crippen LogP contribution is -2.70. The Bertz CT molecular complexity index is 1210. The highest BCUT2D eigenvalue weighted by molar-refractivity contribution is 8.01. The number of aromatic nitrogens is 4. The number of nitrogens with one attached hydrogen (secondary N) is 1. The van der Waals surface area contributed by atoms with Crippen LogP contribution in [0.3, 0.4) is 0 Å². The highest BCUT2D eigenvalue weighted by atomic mass is 32.2. The fourth-order valence-corrected chi connectivity index (χ4v) is 6.01. The van der Waals surface area contributed by atoms with Crippen molar-refractivity contribution in [3.8, 4) is 0 Å². The molecule has 1 aromatic heterocycles. The van der Waals surface area contributed by atoms with Gasteiger partial charge in [-0.3, -0.25) is 19.0 Å². The van der Waals surface area contributed by atoms with Gasteiger partial charge in [-0.1, -0.05) is 18.7 Å². The predicted octanol–water partition coefficient (Wildman–Crippen LogP) is -0.705. The lowest BCUT2D eigenvalue weighted by atomic mass is 10.0. The Morgan fingerprint density at radius 2 is 2.06 bits per heavy atom. The molecule has 2 aliphatic heterocycles. The molecule has 0 unspecified atom stereocenters. The zero-order chi connectivity index (χ0) is 25.2. The number of carboxylic acids is 1. The molecule has 16 nitrogen and oxygen atoms in total. The largest absolute Gasteiger partial charge is 0.510 e. The minimum absolute atomic E-state index is 0.00141. The van der Waals surface area contributed by atoms with Gasteiger partial charge in [-0.05, 0) is 21.2 Å². The van der Waals surface area contributed by atoms with Gasteiger partial charge in [-0.2, -0.15) is 8.42 Å². The van der Waals surface area contributed by atoms with E-state index in [1.807, 2.05) is 0 Å². The molecular formula is C15H17N7O9S3. The smallest absolute Gasteiger partial charge is 0.352 e. The van der Waals surface area contributed by atoms with Gasteiger partial charge in [-0.25, -0.2) is 9.48 Å². The summed E-state index contributed by atoms with van der Waals surface area (Å²) < 4.78 is 31.9. The zero-order valence-corrected chi connectivity index (χ0v) is 19.6. The Hall–Kier alpha value is -3.03. The number of aliphatic hydroxyl groups excluding tert-OH is 1. The van der Waals surface area contributed by atoms with E-state index in [1.54, 1.807) is 0 Å². The van der Waals surface area contributed by atoms with Crippen molar-refractivity contribution in [2.24, 2.45) is 5.18 Å². The number of carbonyl (C=O) groups excluding carboxylic acids is 2. The molecule has 34 heavy (non-hydrogen) atoms. The standard InChI is InChI=1S/C15H17N7O9S3/c1-2-7(23)8(18-28)11(24)16-9-12(25)22-10(14(26)27)6(3-32-13(9)22)4-33-15-17-19-20-21(15)5-34(29,30)31/h9,13,23H,2-5H2,1H3,(H,16,24)(H,26,27)(H,29,30,31)/t9-,13+/m1/s1. The van der Waals surface area contributed by atoms with Crippen LogP contribution in [0.25, 0.3) is 0 Å². The van der Waals surface area contributed by atoms with Gasteiger partial charge in [0, 0.05) is 17.9 Å². The number of allylic oxidation sites excluding steroid dienone is 1. The third-order valence-corrected chi connectivity index (χ3v) is 7.56. The minimum Gasteiger partial charge on any atom is -0.510 e. The number of carbonyl (C=O) groups is 3. The molecule has 2 amide bonds. The van der Waals surface area contributed by atoms with Gasteiger partial charge in [0.05, 0.1) is 0 Å². The monoisotopic (exact) mass is 535 g/mol. The van der Waals surface area contributed by atoms with Crippen molar-refractivity contribution in [2.75, 3.05) is 11.5 Å². The van der Waals surface area contributed by atoms with Crippen LogP contribution in [0.1, 0.15) is 13.3 Å². The summed E-state index contributed by atoms with van der Waals surface area (Å²) in [7, 11) is -4.42. The summed E-state index contributed by atoms with van der Waals surface area (Å²) in [5.41, 5.74) is -0.749. The number of aliphatic hydroxyl groups is 1. The molecule has 1 aromatic rings. The Morgan fingerprint density at radius 1 is 1.35 bits per heavy atom. The van der Waals surface area contributed by atoms with Gasteiger partial charge in [0.15, 0.2) is 5.88 Å². The number of amides is 2. The molecule has 0 radical (unpaired) electrons. The van der Waals surface area contributed by atoms with Crippen molar-refractivity contribution >= 4 is 51.4 Å². The minimum atomic E-state index is -4.42. The van der Waals surface area contributed by atoms with E-state index in [2.05, 4.69) is 26.0 Å². The molecule has 0 aromatic carbocycles. The first-order chi connectivity index (χ1) is 16.0. The van der Waals surface area contributed by atoms with Crippen LogP contribution in [-0.2, 0) is 30.4 Å². The van der Waals surface area contributed by atoms with Crippen molar-refractivity contribution in [2.45, 2.75) is 35.8 Å². The highest BCUT2D eigenvalue weighted by Gasteiger charge is 2.54. The molecule has 184 valence electrons. The van der Waals surface area contributed by atoms with E-state index in [0.717, 1.165) is 33.1 Å². The number of hydrogen-bond donors (Lipinski definition) is 4. The molecule has 4 N–H and O–H groups in total. The Balaban J connectivity index is 1.76. The number of β-lactam (4-membered cyclic amide) rings is 1. The van der Waals surface area contributed by atoms with Gasteiger partial charge < -0.3 is 15.5 Å². The summed E-state index contributed by atoms with van der Waals surface area (Å²) in [5, 5.41) is 33.8. The van der Waals surface area contributed by atoms with Crippen LogP contribution >= 0.6 is 23.5 Å². The fourth-order valence-electron chi connectivity index (χ4n) is 3.08. The molecule has 3 heterocycles. The van der Waals surface area contributed by atoms with E-state index in [-0.39, 0.29) is 28.8 Å². The van der Waals surface area contributed by atoms with Gasteiger partial charge in [0.1, 0.15) is 22.9 Å². The summed E-state index contributed by atoms with van der Waals surface area (Å²) >= 11 is 2.06. The van der Waals surface area contributed by atoms with Crippen molar-refractivity contribution in [1.29, 1.82) is 0 Å². The average Bonchev–Trinajstić information content (AvgIpc) is 3.20. The normalized spacial score (nSPS) is 20.9. The lowest BCUT2D eigenvalue weighted by molar-refractivity contribution is -0.150. The highest BCUT2D eigenvalue weighted by Crippen LogP contribution is 2.41. The maximum atomic E-state index is 12.7. The van der Waals surface area contributed by atoms with Gasteiger partial charge in [0.25, 0.3) is 21.9 Å². The van der Waals surface area contributed by atoms with Crippen LogP contribution in [0, 0.1) is 4.91 Å². The van der Waals surface area contributed by atoms with Gasteiger partial charge in [-0.15, -0.1) is 21.8 Å². The maximum absolute atomic E-state index is 12.7. The molecule has 1 saturated heterocycles. The fraction of sp³-hybridized carbons (Fsp3) is 0.467. The molecule has 2 atom stereocenters. The third kappa shape index (κ3) is 5.21. The van der Waals surface area contributed by atoms with E-state index in [0.29, 0.717) is 5.57 Å². The first kappa shape index (κ1) is 25.6. The van der Waals surface area contributed by atoms with Gasteiger partial charge in [0.2, 0.25) is 10.9 Å². The third-order valence-electron chi connectivity index (χ3n) is 4.61. The van der Waals surface area contributed by atoms with Crippen molar-refractivity contribution in [3.05, 3.63) is 27.6 Å². The SMILES string of the molecule is CCC(O)=C(N=O)C(=O)N[C@@H]1C(=O)N2C(C(=O)O)=C(CSc3nnnn3CS(=O)(=O)O)CS[C@@H]12. The van der Waals surface area contributed by atoms with Crippen LogP contribution in [0.4, 0.5) is 0 Å². The predicted molar refractivity (Wildman–Crippen MR) is 116 cm³/mol. The maximum Gasteiger partial charge on any atom is 0.352 e. The van der Waals surface area contributed by atoms with Crippen LogP contribution in [0.5, 0.6) is 0 Å². The molecule has 1 fully saturated rings. The van der Waals surface area contributed by atoms with Crippen LogP contribution < -0.4 is 5.32 Å². The second kappa shape index (κ2) is 10.1. The number of tetrazole rings is 1. The van der Waals surface area contributed by atoms with Crippen LogP contribution in [-0.4, -0.2) is 89.0 Å². The zero-order valence-electron chi connectivity index (χ0n) is 17.2. The van der Waals surface area contributed by atoms with E-state index in [4.69, 9.17) is 4.55 Å². The molecule has 0 bridgehead atoms. The Kier molecular flexibility index (Phi) is 7.58. The summed E-state index contributed by atoms with van der Waals surface area (Å²) in [6.07, 6.45) is -0.0299. The van der Waals surface area contributed by atoms with Crippen molar-refractivity contribution < 1.29 is 37.6 Å². The Labute approximate surface area is 199 Å². The first-order valence-corrected chi connectivity index (χ1v) is 12.9. The molecule has 0 saturated carbocycles. The summed E-state index contributed by atoms with van der Waals surface area (Å²) in [5.74, 6) is -4.49. The average molecular weight is 536 g/mol. The molecule has 19 heteroatoms. The number of carboxylic acid groups (broad SMARTS) is 1. The first-order valence-electron chi connectivity index (χ1n) is 9.28. The number of nitroso groups, excluding NO2 is 1. The second-order valence-electron chi connectivity index (χ2n) is 6.82. The Morgan fingerprint density at radius 3 is 2.65 bits per heavy atom. The topological polar surface area (TPSA) is 234 Å². The molecule has 2 aliphatic rings. The lowest BCUT2D eigenvalue weighted by Gasteiger charge is -2.49. The van der Waals surface area contributed by atoms with Crippen LogP contribution in [0.2, 0.25) is 0 Å². The molecule has 0 aliphatic carbocycles. The molecule has 3 rings (SSSR count). The van der Waals surface area contributed by atoms with Gasteiger partial charge >= 0.3 is 5.97 Å².